The molecule has 0 atom stereocenters. The van der Waals surface area contributed by atoms with Gasteiger partial charge in [-0.15, -0.1) is 0 Å². The van der Waals surface area contributed by atoms with E-state index in [-0.39, 0.29) is 0 Å². The quantitative estimate of drug-likeness (QED) is 0.680. The number of nitrogens with zero attached hydrogens (tertiary/aromatic N) is 1. The van der Waals surface area contributed by atoms with E-state index in [1.165, 1.54) is 17.9 Å². The van der Waals surface area contributed by atoms with Crippen LogP contribution in [0.4, 0.5) is 0 Å². The number of aryl methyl sites for hydroxylation is 1. The molecular formula is C14H22LiN. The monoisotopic (exact) mass is 211 g/mol. The topological polar surface area (TPSA) is 12.9 Å². The first-order chi connectivity index (χ1) is 7.74. The maximum atomic E-state index is 4.32. The van der Waals surface area contributed by atoms with E-state index in [9.17, 15) is 0 Å². The van der Waals surface area contributed by atoms with Gasteiger partial charge in [0.15, 0.2) is 0 Å². The van der Waals surface area contributed by atoms with Crippen LogP contribution in [0.25, 0.3) is 6.08 Å². The molecule has 0 N–H and O–H groups in total. The van der Waals surface area contributed by atoms with Crippen LogP contribution in [0.1, 0.15) is 44.5 Å². The van der Waals surface area contributed by atoms with Crippen LogP contribution >= 0.6 is 0 Å². The van der Waals surface area contributed by atoms with Gasteiger partial charge in [0.05, 0.1) is 5.69 Å². The first-order valence-electron chi connectivity index (χ1n) is 6.34. The third-order valence-electron chi connectivity index (χ3n) is 2.14. The predicted molar refractivity (Wildman–Crippen MR) is 73.8 cm³/mol. The van der Waals surface area contributed by atoms with Crippen LogP contribution in [0.5, 0.6) is 0 Å². The summed E-state index contributed by atoms with van der Waals surface area (Å²) < 4.78 is 0. The first-order valence-corrected chi connectivity index (χ1v) is 6.34. The van der Waals surface area contributed by atoms with Crippen molar-refractivity contribution >= 4 is 23.8 Å². The summed E-state index contributed by atoms with van der Waals surface area (Å²) in [5.41, 5.74) is 2.12. The molecule has 0 aliphatic rings. The molecule has 0 radical (unpaired) electrons. The van der Waals surface area contributed by atoms with Crippen molar-refractivity contribution in [1.29, 1.82) is 0 Å². The maximum absolute atomic E-state index is 4.32. The summed E-state index contributed by atoms with van der Waals surface area (Å²) in [5, 5.41) is 1.34. The molecule has 0 unspecified atom stereocenters. The van der Waals surface area contributed by atoms with Crippen molar-refractivity contribution in [2.45, 2.75) is 45.1 Å². The van der Waals surface area contributed by atoms with Gasteiger partial charge in [0, 0.05) is 5.69 Å². The molecule has 1 nitrogen and oxygen atoms in total. The minimum absolute atomic E-state index is 1.05. The number of aromatic nitrogens is 1. The first kappa shape index (κ1) is 15.5. The number of rotatable bonds is 4. The van der Waals surface area contributed by atoms with E-state index >= 15 is 0 Å². The SMILES string of the molecule is CCC=Cc1cccc(C)n1.[Li][CH2]CCC. The molecule has 1 rings (SSSR count). The summed E-state index contributed by atoms with van der Waals surface area (Å²) in [6.07, 6.45) is 7.96. The Labute approximate surface area is 110 Å². The molecule has 16 heavy (non-hydrogen) atoms. The van der Waals surface area contributed by atoms with Crippen LogP contribution in [0, 0.1) is 6.92 Å². The third kappa shape index (κ3) is 8.77. The van der Waals surface area contributed by atoms with Crippen molar-refractivity contribution in [3.63, 3.8) is 0 Å². The minimum atomic E-state index is 1.05. The van der Waals surface area contributed by atoms with E-state index < -0.39 is 0 Å². The van der Waals surface area contributed by atoms with E-state index in [1.807, 2.05) is 31.2 Å². The summed E-state index contributed by atoms with van der Waals surface area (Å²) in [7, 11) is 0. The van der Waals surface area contributed by atoms with Gasteiger partial charge in [-0.3, -0.25) is 4.98 Å². The number of hydrogen-bond donors (Lipinski definition) is 0. The Morgan fingerprint density at radius 3 is 2.50 bits per heavy atom. The molecule has 0 saturated carbocycles. The number of allylic oxidation sites excluding steroid dienone is 1. The van der Waals surface area contributed by atoms with Crippen molar-refractivity contribution in [3.05, 3.63) is 35.7 Å². The van der Waals surface area contributed by atoms with Crippen LogP contribution in [0.15, 0.2) is 24.3 Å². The van der Waals surface area contributed by atoms with E-state index in [1.54, 1.807) is 0 Å². The average molecular weight is 211 g/mol. The molecule has 1 aromatic rings. The van der Waals surface area contributed by atoms with Crippen LogP contribution in [-0.2, 0) is 0 Å². The molecule has 0 aliphatic heterocycles. The van der Waals surface area contributed by atoms with Crippen molar-refractivity contribution in [2.75, 3.05) is 0 Å². The van der Waals surface area contributed by atoms with E-state index in [4.69, 9.17) is 0 Å². The van der Waals surface area contributed by atoms with Crippen LogP contribution in [0.2, 0.25) is 5.09 Å². The zero-order valence-electron chi connectivity index (χ0n) is 11.2. The second-order valence-corrected chi connectivity index (χ2v) is 3.87. The molecule has 1 heterocycles. The van der Waals surface area contributed by atoms with Gasteiger partial charge in [0.25, 0.3) is 0 Å². The third-order valence-corrected chi connectivity index (χ3v) is 2.14. The summed E-state index contributed by atoms with van der Waals surface area (Å²) in [6, 6.07) is 6.04. The fraction of sp³-hybridized carbons (Fsp3) is 0.500. The summed E-state index contributed by atoms with van der Waals surface area (Å²) in [5.74, 6) is 0. The fourth-order valence-corrected chi connectivity index (χ4v) is 1.25. The number of pyridine rings is 1. The fourth-order valence-electron chi connectivity index (χ4n) is 1.25. The Kier molecular flexibility index (Phi) is 10.6. The summed E-state index contributed by atoms with van der Waals surface area (Å²) in [6.45, 7) is 6.33. The van der Waals surface area contributed by atoms with Gasteiger partial charge < -0.3 is 0 Å². The molecule has 2 heteroatoms. The number of hydrogen-bond acceptors (Lipinski definition) is 1. The molecule has 0 saturated heterocycles. The Morgan fingerprint density at radius 2 is 2.06 bits per heavy atom. The van der Waals surface area contributed by atoms with Gasteiger partial charge in [-0.05, 0) is 31.6 Å². The van der Waals surface area contributed by atoms with Gasteiger partial charge in [0.1, 0.15) is 0 Å². The van der Waals surface area contributed by atoms with Crippen LogP contribution in [0.3, 0.4) is 0 Å². The zero-order valence-corrected chi connectivity index (χ0v) is 11.2. The van der Waals surface area contributed by atoms with Crippen molar-refractivity contribution in [1.82, 2.24) is 4.98 Å². The predicted octanol–water partition coefficient (Wildman–Crippen LogP) is 4.19. The Hall–Kier alpha value is -0.513. The molecule has 0 aliphatic carbocycles. The molecule has 0 bridgehead atoms. The molecule has 84 valence electrons. The Balaban J connectivity index is 0.000000385. The summed E-state index contributed by atoms with van der Waals surface area (Å²) in [4.78, 5) is 4.32. The zero-order chi connectivity index (χ0) is 12.2. The van der Waals surface area contributed by atoms with Crippen molar-refractivity contribution in [3.8, 4) is 0 Å². The Morgan fingerprint density at radius 1 is 1.31 bits per heavy atom. The van der Waals surface area contributed by atoms with Gasteiger partial charge in [-0.1, -0.05) is 19.1 Å². The van der Waals surface area contributed by atoms with Gasteiger partial charge >= 0.3 is 42.6 Å². The van der Waals surface area contributed by atoms with Gasteiger partial charge in [-0.2, -0.15) is 0 Å². The van der Waals surface area contributed by atoms with Crippen molar-refractivity contribution in [2.24, 2.45) is 0 Å². The van der Waals surface area contributed by atoms with E-state index in [0.717, 1.165) is 17.8 Å². The molecule has 0 amide bonds. The number of unbranched alkanes of at least 4 members (excludes halogenated alkanes) is 1. The average Bonchev–Trinajstić information content (AvgIpc) is 2.28. The van der Waals surface area contributed by atoms with Crippen molar-refractivity contribution < 1.29 is 0 Å². The molecule has 0 fully saturated rings. The normalized spacial score (nSPS) is 10.1. The molecule has 0 aromatic carbocycles. The van der Waals surface area contributed by atoms with E-state index in [2.05, 4.69) is 42.6 Å². The Bertz CT molecular complexity index is 293. The molecule has 1 aromatic heterocycles. The second kappa shape index (κ2) is 11.0. The van der Waals surface area contributed by atoms with Crippen LogP contribution < -0.4 is 0 Å². The standard InChI is InChI=1S/C10H13N.C4H9.Li/c1-3-4-7-10-8-5-6-9(2)11-10;1-3-4-2;/h4-8H,3H2,1-2H3;1,3-4H2,2H3;. The van der Waals surface area contributed by atoms with Gasteiger partial charge in [-0.25, -0.2) is 0 Å². The summed E-state index contributed by atoms with van der Waals surface area (Å²) >= 11 is 2.21. The molecule has 0 spiro atoms. The molecular weight excluding hydrogens is 189 g/mol. The second-order valence-electron chi connectivity index (χ2n) is 3.87. The van der Waals surface area contributed by atoms with Crippen LogP contribution in [-0.4, -0.2) is 22.7 Å². The van der Waals surface area contributed by atoms with E-state index in [0.29, 0.717) is 0 Å². The van der Waals surface area contributed by atoms with Gasteiger partial charge in [0.2, 0.25) is 0 Å².